The molecule has 0 heterocycles. The Labute approximate surface area is 124 Å². The maximum Gasteiger partial charge on any atom is 0.251 e. The monoisotopic (exact) mass is 316 g/mol. The van der Waals surface area contributed by atoms with E-state index in [1.807, 2.05) is 0 Å². The molecule has 3 N–H and O–H groups in total. The van der Waals surface area contributed by atoms with Gasteiger partial charge < -0.3 is 14.8 Å². The smallest absolute Gasteiger partial charge is 0.251 e. The van der Waals surface area contributed by atoms with Crippen molar-refractivity contribution in [3.05, 3.63) is 29.3 Å². The van der Waals surface area contributed by atoms with E-state index >= 15 is 0 Å². The van der Waals surface area contributed by atoms with E-state index in [1.54, 1.807) is 6.92 Å². The van der Waals surface area contributed by atoms with Crippen LogP contribution in [0.3, 0.4) is 0 Å². The fraction of sp³-hybridized carbons (Fsp3) is 0.462. The van der Waals surface area contributed by atoms with Crippen LogP contribution in [0.5, 0.6) is 0 Å². The quantitative estimate of drug-likeness (QED) is 0.749. The molecule has 1 aromatic carbocycles. The molecule has 0 saturated heterocycles. The van der Waals surface area contributed by atoms with E-state index in [0.717, 1.165) is 0 Å². The number of primary sulfonamides is 1. The van der Waals surface area contributed by atoms with Crippen LogP contribution in [0.1, 0.15) is 22.8 Å². The summed E-state index contributed by atoms with van der Waals surface area (Å²) in [6.45, 7) is 2.23. The molecule has 0 bridgehead atoms. The molecule has 0 aromatic heterocycles. The Balaban J connectivity index is 3.08. The molecule has 0 aliphatic rings. The van der Waals surface area contributed by atoms with Crippen LogP contribution in [0.15, 0.2) is 23.1 Å². The molecule has 0 aliphatic carbocycles. The summed E-state index contributed by atoms with van der Waals surface area (Å²) in [6.07, 6.45) is 0. The lowest BCUT2D eigenvalue weighted by Crippen LogP contribution is -2.35. The SMILES string of the molecule is COCc1ccc(C(=O)NC(C)COC)cc1S(N)(=O)=O. The zero-order valence-electron chi connectivity index (χ0n) is 12.3. The molecule has 7 nitrogen and oxygen atoms in total. The molecule has 8 heteroatoms. The first-order valence-electron chi connectivity index (χ1n) is 6.24. The molecule has 21 heavy (non-hydrogen) atoms. The Morgan fingerprint density at radius 3 is 2.52 bits per heavy atom. The third-order valence-corrected chi connectivity index (χ3v) is 3.72. The highest BCUT2D eigenvalue weighted by Crippen LogP contribution is 2.17. The molecule has 0 spiro atoms. The number of amides is 1. The number of carbonyl (C=O) groups excluding carboxylic acids is 1. The number of benzene rings is 1. The lowest BCUT2D eigenvalue weighted by atomic mass is 10.1. The van der Waals surface area contributed by atoms with Crippen LogP contribution in [0.2, 0.25) is 0 Å². The van der Waals surface area contributed by atoms with Crippen molar-refractivity contribution in [2.45, 2.75) is 24.5 Å². The lowest BCUT2D eigenvalue weighted by molar-refractivity contribution is 0.0905. The molecule has 0 aliphatic heterocycles. The van der Waals surface area contributed by atoms with Gasteiger partial charge >= 0.3 is 0 Å². The van der Waals surface area contributed by atoms with E-state index in [9.17, 15) is 13.2 Å². The summed E-state index contributed by atoms with van der Waals surface area (Å²) < 4.78 is 33.0. The van der Waals surface area contributed by atoms with E-state index in [-0.39, 0.29) is 23.1 Å². The van der Waals surface area contributed by atoms with Crippen molar-refractivity contribution in [3.63, 3.8) is 0 Å². The number of hydrogen-bond donors (Lipinski definition) is 2. The largest absolute Gasteiger partial charge is 0.383 e. The van der Waals surface area contributed by atoms with E-state index in [4.69, 9.17) is 14.6 Å². The molecular weight excluding hydrogens is 296 g/mol. The first-order chi connectivity index (χ1) is 9.79. The molecule has 1 amide bonds. The second-order valence-electron chi connectivity index (χ2n) is 4.63. The summed E-state index contributed by atoms with van der Waals surface area (Å²) in [4.78, 5) is 11.9. The van der Waals surface area contributed by atoms with Crippen molar-refractivity contribution in [1.29, 1.82) is 0 Å². The van der Waals surface area contributed by atoms with Gasteiger partial charge in [0.15, 0.2) is 0 Å². The van der Waals surface area contributed by atoms with Crippen molar-refractivity contribution in [1.82, 2.24) is 5.32 Å². The highest BCUT2D eigenvalue weighted by molar-refractivity contribution is 7.89. The van der Waals surface area contributed by atoms with Gasteiger partial charge in [-0.3, -0.25) is 4.79 Å². The molecule has 1 aromatic rings. The van der Waals surface area contributed by atoms with Crippen molar-refractivity contribution >= 4 is 15.9 Å². The number of nitrogens with two attached hydrogens (primary N) is 1. The van der Waals surface area contributed by atoms with Gasteiger partial charge in [-0.15, -0.1) is 0 Å². The Bertz CT molecular complexity index is 601. The second-order valence-corrected chi connectivity index (χ2v) is 6.16. The van der Waals surface area contributed by atoms with E-state index in [1.165, 1.54) is 32.4 Å². The van der Waals surface area contributed by atoms with Crippen LogP contribution >= 0.6 is 0 Å². The Morgan fingerprint density at radius 1 is 1.33 bits per heavy atom. The van der Waals surface area contributed by atoms with Gasteiger partial charge in [-0.25, -0.2) is 13.6 Å². The Kier molecular flexibility index (Phi) is 6.28. The predicted molar refractivity (Wildman–Crippen MR) is 77.3 cm³/mol. The number of nitrogens with one attached hydrogen (secondary N) is 1. The summed E-state index contributed by atoms with van der Waals surface area (Å²) in [5.41, 5.74) is 0.614. The summed E-state index contributed by atoms with van der Waals surface area (Å²) in [5, 5.41) is 7.87. The molecular formula is C13H20N2O5S. The number of methoxy groups -OCH3 is 2. The molecule has 1 unspecified atom stereocenters. The number of sulfonamides is 1. The number of carbonyl (C=O) groups is 1. The van der Waals surface area contributed by atoms with Crippen molar-refractivity contribution in [2.75, 3.05) is 20.8 Å². The standard InChI is InChI=1S/C13H20N2O5S/c1-9(7-19-2)15-13(16)10-4-5-11(8-20-3)12(6-10)21(14,17)18/h4-6,9H,7-8H2,1-3H3,(H,15,16)(H2,14,17,18). The third kappa shape index (κ3) is 5.09. The molecule has 0 saturated carbocycles. The van der Waals surface area contributed by atoms with Gasteiger partial charge in [0.2, 0.25) is 10.0 Å². The zero-order chi connectivity index (χ0) is 16.0. The second kappa shape index (κ2) is 7.51. The zero-order valence-corrected chi connectivity index (χ0v) is 13.1. The van der Waals surface area contributed by atoms with Gasteiger partial charge in [0.25, 0.3) is 5.91 Å². The molecule has 1 atom stereocenters. The van der Waals surface area contributed by atoms with E-state index < -0.39 is 15.9 Å². The van der Waals surface area contributed by atoms with Gasteiger partial charge in [-0.05, 0) is 24.6 Å². The normalized spacial score (nSPS) is 13.0. The van der Waals surface area contributed by atoms with Crippen LogP contribution < -0.4 is 10.5 Å². The molecule has 118 valence electrons. The van der Waals surface area contributed by atoms with Crippen molar-refractivity contribution < 1.29 is 22.7 Å². The molecule has 0 radical (unpaired) electrons. The van der Waals surface area contributed by atoms with Crippen LogP contribution in [0, 0.1) is 0 Å². The van der Waals surface area contributed by atoms with Crippen LogP contribution in [-0.2, 0) is 26.1 Å². The van der Waals surface area contributed by atoms with Crippen molar-refractivity contribution in [2.24, 2.45) is 5.14 Å². The average Bonchev–Trinajstić information content (AvgIpc) is 2.38. The lowest BCUT2D eigenvalue weighted by Gasteiger charge is -2.14. The summed E-state index contributed by atoms with van der Waals surface area (Å²) in [5.74, 6) is -0.395. The average molecular weight is 316 g/mol. The fourth-order valence-electron chi connectivity index (χ4n) is 1.83. The number of hydrogen-bond acceptors (Lipinski definition) is 5. The number of ether oxygens (including phenoxy) is 2. The Morgan fingerprint density at radius 2 is 2.00 bits per heavy atom. The van der Waals surface area contributed by atoms with Crippen LogP contribution in [-0.4, -0.2) is 41.2 Å². The highest BCUT2D eigenvalue weighted by Gasteiger charge is 2.18. The van der Waals surface area contributed by atoms with Crippen LogP contribution in [0.4, 0.5) is 0 Å². The predicted octanol–water partition coefficient (Wildman–Crippen LogP) is 0.245. The summed E-state index contributed by atoms with van der Waals surface area (Å²) >= 11 is 0. The Hall–Kier alpha value is -1.48. The van der Waals surface area contributed by atoms with Gasteiger partial charge in [0, 0.05) is 25.8 Å². The topological polar surface area (TPSA) is 108 Å². The van der Waals surface area contributed by atoms with E-state index in [2.05, 4.69) is 5.32 Å². The first kappa shape index (κ1) is 17.6. The van der Waals surface area contributed by atoms with Crippen molar-refractivity contribution in [3.8, 4) is 0 Å². The molecule has 0 fully saturated rings. The minimum atomic E-state index is -3.94. The minimum Gasteiger partial charge on any atom is -0.383 e. The van der Waals surface area contributed by atoms with Gasteiger partial charge in [-0.2, -0.15) is 0 Å². The minimum absolute atomic E-state index is 0.0910. The van der Waals surface area contributed by atoms with Gasteiger partial charge in [0.05, 0.1) is 18.1 Å². The first-order valence-corrected chi connectivity index (χ1v) is 7.78. The maximum absolute atomic E-state index is 12.0. The van der Waals surface area contributed by atoms with Gasteiger partial charge in [-0.1, -0.05) is 6.07 Å². The maximum atomic E-state index is 12.0. The fourth-order valence-corrected chi connectivity index (χ4v) is 2.62. The van der Waals surface area contributed by atoms with Gasteiger partial charge in [0.1, 0.15) is 0 Å². The van der Waals surface area contributed by atoms with Crippen LogP contribution in [0.25, 0.3) is 0 Å². The third-order valence-electron chi connectivity index (χ3n) is 2.73. The number of rotatable bonds is 7. The molecule has 1 rings (SSSR count). The van der Waals surface area contributed by atoms with E-state index in [0.29, 0.717) is 12.2 Å². The summed E-state index contributed by atoms with van der Waals surface area (Å²) in [7, 11) is -0.962. The highest BCUT2D eigenvalue weighted by atomic mass is 32.2. The summed E-state index contributed by atoms with van der Waals surface area (Å²) in [6, 6.07) is 4.09.